The summed E-state index contributed by atoms with van der Waals surface area (Å²) >= 11 is 0. The van der Waals surface area contributed by atoms with Crippen molar-refractivity contribution >= 4 is 5.69 Å². The molecular weight excluding hydrogens is 202 g/mol. The van der Waals surface area contributed by atoms with Crippen molar-refractivity contribution in [2.45, 2.75) is 39.1 Å². The molecule has 0 spiro atoms. The number of anilines is 1. The van der Waals surface area contributed by atoms with Gasteiger partial charge >= 0.3 is 0 Å². The van der Waals surface area contributed by atoms with Crippen LogP contribution in [-0.4, -0.2) is 12.9 Å². The summed E-state index contributed by atoms with van der Waals surface area (Å²) in [6.45, 7) is 3.38. The molecule has 1 saturated heterocycles. The van der Waals surface area contributed by atoms with E-state index in [2.05, 4.69) is 6.07 Å². The van der Waals surface area contributed by atoms with Crippen LogP contribution in [0.25, 0.3) is 0 Å². The molecule has 0 bridgehead atoms. The van der Waals surface area contributed by atoms with Crippen LogP contribution in [0.3, 0.4) is 0 Å². The van der Waals surface area contributed by atoms with Crippen LogP contribution in [0.1, 0.15) is 30.4 Å². The van der Waals surface area contributed by atoms with E-state index < -0.39 is 0 Å². The summed E-state index contributed by atoms with van der Waals surface area (Å²) in [7, 11) is 0. The van der Waals surface area contributed by atoms with E-state index in [0.717, 1.165) is 30.7 Å². The number of nitrogens with two attached hydrogens (primary N) is 1. The number of ether oxygens (including phenoxy) is 2. The van der Waals surface area contributed by atoms with E-state index in [-0.39, 0.29) is 6.29 Å². The predicted molar refractivity (Wildman–Crippen MR) is 64.0 cm³/mol. The van der Waals surface area contributed by atoms with Crippen LogP contribution >= 0.6 is 0 Å². The minimum absolute atomic E-state index is 0.0468. The molecule has 0 aromatic heterocycles. The van der Waals surface area contributed by atoms with Gasteiger partial charge in [0, 0.05) is 17.9 Å². The van der Waals surface area contributed by atoms with Gasteiger partial charge in [-0.25, -0.2) is 0 Å². The number of hydrogen-bond acceptors (Lipinski definition) is 3. The number of aryl methyl sites for hydroxylation is 1. The molecule has 2 rings (SSSR count). The van der Waals surface area contributed by atoms with Crippen molar-refractivity contribution in [2.75, 3.05) is 12.3 Å². The molecule has 1 heterocycles. The van der Waals surface area contributed by atoms with Gasteiger partial charge in [0.2, 0.25) is 0 Å². The van der Waals surface area contributed by atoms with Crippen molar-refractivity contribution in [3.8, 4) is 0 Å². The predicted octanol–water partition coefficient (Wildman–Crippen LogP) is 2.62. The zero-order chi connectivity index (χ0) is 11.4. The summed E-state index contributed by atoms with van der Waals surface area (Å²) in [6, 6.07) is 6.05. The fraction of sp³-hybridized carbons (Fsp3) is 0.538. The second-order valence-corrected chi connectivity index (χ2v) is 4.31. The summed E-state index contributed by atoms with van der Waals surface area (Å²) < 4.78 is 11.2. The smallest absolute Gasteiger partial charge is 0.158 e. The van der Waals surface area contributed by atoms with E-state index in [9.17, 15) is 0 Å². The van der Waals surface area contributed by atoms with Crippen LogP contribution in [0.15, 0.2) is 18.2 Å². The average Bonchev–Trinajstić information content (AvgIpc) is 2.29. The van der Waals surface area contributed by atoms with E-state index in [4.69, 9.17) is 15.2 Å². The SMILES string of the molecule is Cc1ccc(COC2CCCCO2)c(N)c1. The Morgan fingerprint density at radius 3 is 3.00 bits per heavy atom. The lowest BCUT2D eigenvalue weighted by Crippen LogP contribution is -2.22. The number of benzene rings is 1. The number of hydrogen-bond donors (Lipinski definition) is 1. The molecule has 0 radical (unpaired) electrons. The fourth-order valence-electron chi connectivity index (χ4n) is 1.87. The van der Waals surface area contributed by atoms with Crippen LogP contribution in [0.5, 0.6) is 0 Å². The van der Waals surface area contributed by atoms with Crippen molar-refractivity contribution in [3.63, 3.8) is 0 Å². The Morgan fingerprint density at radius 1 is 1.44 bits per heavy atom. The highest BCUT2D eigenvalue weighted by molar-refractivity contribution is 5.48. The van der Waals surface area contributed by atoms with Gasteiger partial charge < -0.3 is 15.2 Å². The van der Waals surface area contributed by atoms with E-state index in [1.807, 2.05) is 19.1 Å². The van der Waals surface area contributed by atoms with Crippen molar-refractivity contribution in [2.24, 2.45) is 0 Å². The average molecular weight is 221 g/mol. The largest absolute Gasteiger partial charge is 0.398 e. The molecule has 0 aliphatic carbocycles. The second kappa shape index (κ2) is 5.32. The van der Waals surface area contributed by atoms with Gasteiger partial charge in [-0.2, -0.15) is 0 Å². The third-order valence-electron chi connectivity index (χ3n) is 2.86. The van der Waals surface area contributed by atoms with Gasteiger partial charge in [0.05, 0.1) is 6.61 Å². The highest BCUT2D eigenvalue weighted by Crippen LogP contribution is 2.19. The van der Waals surface area contributed by atoms with Crippen molar-refractivity contribution in [1.29, 1.82) is 0 Å². The molecule has 1 aliphatic heterocycles. The maximum Gasteiger partial charge on any atom is 0.158 e. The van der Waals surface area contributed by atoms with E-state index in [0.29, 0.717) is 6.61 Å². The van der Waals surface area contributed by atoms with Crippen LogP contribution in [0, 0.1) is 6.92 Å². The first-order valence-electron chi connectivity index (χ1n) is 5.84. The lowest BCUT2D eigenvalue weighted by Gasteiger charge is -2.23. The normalized spacial score (nSPS) is 20.9. The highest BCUT2D eigenvalue weighted by Gasteiger charge is 2.14. The Hall–Kier alpha value is -1.06. The monoisotopic (exact) mass is 221 g/mol. The summed E-state index contributed by atoms with van der Waals surface area (Å²) in [4.78, 5) is 0. The molecule has 1 aromatic carbocycles. The Morgan fingerprint density at radius 2 is 2.31 bits per heavy atom. The number of rotatable bonds is 3. The molecule has 1 aliphatic rings. The fourth-order valence-corrected chi connectivity index (χ4v) is 1.87. The molecule has 1 atom stereocenters. The minimum atomic E-state index is -0.0468. The topological polar surface area (TPSA) is 44.5 Å². The Labute approximate surface area is 96.5 Å². The minimum Gasteiger partial charge on any atom is -0.398 e. The molecule has 3 nitrogen and oxygen atoms in total. The standard InChI is InChI=1S/C13H19NO2/c1-10-5-6-11(12(14)8-10)9-16-13-4-2-3-7-15-13/h5-6,8,13H,2-4,7,9,14H2,1H3. The number of nitrogen functional groups attached to an aromatic ring is 1. The summed E-state index contributed by atoms with van der Waals surface area (Å²) in [5, 5.41) is 0. The van der Waals surface area contributed by atoms with Gasteiger partial charge in [-0.15, -0.1) is 0 Å². The van der Waals surface area contributed by atoms with Crippen LogP contribution in [-0.2, 0) is 16.1 Å². The van der Waals surface area contributed by atoms with E-state index in [1.54, 1.807) is 0 Å². The molecule has 0 saturated carbocycles. The lowest BCUT2D eigenvalue weighted by molar-refractivity contribution is -0.168. The molecule has 1 unspecified atom stereocenters. The van der Waals surface area contributed by atoms with Gasteiger partial charge in [-0.05, 0) is 37.8 Å². The molecular formula is C13H19NO2. The maximum absolute atomic E-state index is 5.92. The zero-order valence-electron chi connectivity index (χ0n) is 9.74. The van der Waals surface area contributed by atoms with Crippen LogP contribution in [0.4, 0.5) is 5.69 Å². The zero-order valence-corrected chi connectivity index (χ0v) is 9.74. The van der Waals surface area contributed by atoms with E-state index in [1.165, 1.54) is 12.0 Å². The lowest BCUT2D eigenvalue weighted by atomic mass is 10.1. The summed E-state index contributed by atoms with van der Waals surface area (Å²) in [6.07, 6.45) is 3.28. The van der Waals surface area contributed by atoms with Crippen molar-refractivity contribution in [1.82, 2.24) is 0 Å². The Kier molecular flexibility index (Phi) is 3.80. The summed E-state index contributed by atoms with van der Waals surface area (Å²) in [5.41, 5.74) is 8.94. The Balaban J connectivity index is 1.88. The van der Waals surface area contributed by atoms with Gasteiger partial charge in [0.15, 0.2) is 6.29 Å². The molecule has 2 N–H and O–H groups in total. The molecule has 1 fully saturated rings. The highest BCUT2D eigenvalue weighted by atomic mass is 16.7. The first kappa shape index (κ1) is 11.4. The molecule has 88 valence electrons. The molecule has 16 heavy (non-hydrogen) atoms. The molecule has 3 heteroatoms. The summed E-state index contributed by atoms with van der Waals surface area (Å²) in [5.74, 6) is 0. The van der Waals surface area contributed by atoms with Crippen LogP contribution in [0.2, 0.25) is 0 Å². The molecule has 1 aromatic rings. The van der Waals surface area contributed by atoms with Gasteiger partial charge in [0.25, 0.3) is 0 Å². The quantitative estimate of drug-likeness (QED) is 0.798. The first-order chi connectivity index (χ1) is 7.75. The van der Waals surface area contributed by atoms with Gasteiger partial charge in [-0.3, -0.25) is 0 Å². The van der Waals surface area contributed by atoms with Gasteiger partial charge in [-0.1, -0.05) is 12.1 Å². The Bertz CT molecular complexity index is 346. The van der Waals surface area contributed by atoms with Crippen molar-refractivity contribution in [3.05, 3.63) is 29.3 Å². The van der Waals surface area contributed by atoms with Gasteiger partial charge in [0.1, 0.15) is 0 Å². The van der Waals surface area contributed by atoms with E-state index >= 15 is 0 Å². The third-order valence-corrected chi connectivity index (χ3v) is 2.86. The maximum atomic E-state index is 5.92. The molecule has 0 amide bonds. The first-order valence-corrected chi connectivity index (χ1v) is 5.84. The second-order valence-electron chi connectivity index (χ2n) is 4.31. The third kappa shape index (κ3) is 2.97. The van der Waals surface area contributed by atoms with Crippen molar-refractivity contribution < 1.29 is 9.47 Å². The van der Waals surface area contributed by atoms with Crippen LogP contribution < -0.4 is 5.73 Å².